The van der Waals surface area contributed by atoms with Crippen LogP contribution in [0.25, 0.3) is 0 Å². The van der Waals surface area contributed by atoms with Gasteiger partial charge in [-0.1, -0.05) is 11.6 Å². The minimum absolute atomic E-state index is 0.198. The molecule has 1 saturated carbocycles. The Labute approximate surface area is 125 Å². The molecule has 20 heavy (non-hydrogen) atoms. The van der Waals surface area contributed by atoms with Gasteiger partial charge in [-0.25, -0.2) is 0 Å². The summed E-state index contributed by atoms with van der Waals surface area (Å²) in [4.78, 5) is 13.3. The van der Waals surface area contributed by atoms with Gasteiger partial charge in [-0.3, -0.25) is 4.79 Å². The summed E-state index contributed by atoms with van der Waals surface area (Å²) in [7, 11) is 0. The highest BCUT2D eigenvalue weighted by Crippen LogP contribution is 2.27. The first-order chi connectivity index (χ1) is 9.47. The van der Waals surface area contributed by atoms with Gasteiger partial charge in [0.2, 0.25) is 5.91 Å². The standard InChI is InChI=1S/C15H22ClN3O/c1-10(2)19(9-15(17)20)14-6-3-12(16)7-11(14)8-18-13-4-5-13/h3,6-7,10,13,18H,4-5,8-9H2,1-2H3,(H2,17,20). The Morgan fingerprint density at radius 1 is 1.50 bits per heavy atom. The maximum Gasteiger partial charge on any atom is 0.236 e. The number of rotatable bonds is 7. The van der Waals surface area contributed by atoms with Crippen LogP contribution in [0.4, 0.5) is 5.69 Å². The van der Waals surface area contributed by atoms with Crippen molar-refractivity contribution in [2.75, 3.05) is 11.4 Å². The smallest absolute Gasteiger partial charge is 0.236 e. The van der Waals surface area contributed by atoms with E-state index in [0.29, 0.717) is 11.1 Å². The third kappa shape index (κ3) is 4.12. The predicted octanol–water partition coefficient (Wildman–Crippen LogP) is 2.29. The Hall–Kier alpha value is -1.26. The number of hydrogen-bond donors (Lipinski definition) is 2. The van der Waals surface area contributed by atoms with Crippen LogP contribution in [0.2, 0.25) is 5.02 Å². The van der Waals surface area contributed by atoms with Crippen LogP contribution in [-0.4, -0.2) is 24.5 Å². The Bertz CT molecular complexity index is 486. The Morgan fingerprint density at radius 2 is 2.20 bits per heavy atom. The third-order valence-corrected chi connectivity index (χ3v) is 3.69. The van der Waals surface area contributed by atoms with Gasteiger partial charge in [0.25, 0.3) is 0 Å². The Balaban J connectivity index is 2.23. The van der Waals surface area contributed by atoms with Gasteiger partial charge in [0.15, 0.2) is 0 Å². The van der Waals surface area contributed by atoms with Gasteiger partial charge in [-0.15, -0.1) is 0 Å². The summed E-state index contributed by atoms with van der Waals surface area (Å²) in [5.74, 6) is -0.324. The predicted molar refractivity (Wildman–Crippen MR) is 83.0 cm³/mol. The van der Waals surface area contributed by atoms with Crippen molar-refractivity contribution in [3.63, 3.8) is 0 Å². The topological polar surface area (TPSA) is 58.4 Å². The molecule has 1 aliphatic rings. The van der Waals surface area contributed by atoms with E-state index in [1.165, 1.54) is 12.8 Å². The van der Waals surface area contributed by atoms with Gasteiger partial charge in [-0.2, -0.15) is 0 Å². The summed E-state index contributed by atoms with van der Waals surface area (Å²) in [5, 5.41) is 4.20. The van der Waals surface area contributed by atoms with Crippen molar-refractivity contribution in [2.24, 2.45) is 5.73 Å². The lowest BCUT2D eigenvalue weighted by atomic mass is 10.1. The molecule has 0 bridgehead atoms. The van der Waals surface area contributed by atoms with Gasteiger partial charge in [0.1, 0.15) is 0 Å². The SMILES string of the molecule is CC(C)N(CC(N)=O)c1ccc(Cl)cc1CNC1CC1. The lowest BCUT2D eigenvalue weighted by Crippen LogP contribution is -2.39. The Morgan fingerprint density at radius 3 is 2.75 bits per heavy atom. The van der Waals surface area contributed by atoms with Crippen molar-refractivity contribution in [2.45, 2.75) is 45.3 Å². The highest BCUT2D eigenvalue weighted by atomic mass is 35.5. The number of amides is 1. The van der Waals surface area contributed by atoms with Crippen LogP contribution < -0.4 is 16.0 Å². The van der Waals surface area contributed by atoms with Gasteiger partial charge in [-0.05, 0) is 50.5 Å². The molecule has 1 fully saturated rings. The number of carbonyl (C=O) groups is 1. The van der Waals surface area contributed by atoms with Gasteiger partial charge < -0.3 is 16.0 Å². The first-order valence-electron chi connectivity index (χ1n) is 7.04. The zero-order chi connectivity index (χ0) is 14.7. The van der Waals surface area contributed by atoms with E-state index in [2.05, 4.69) is 19.2 Å². The molecule has 0 atom stereocenters. The van der Waals surface area contributed by atoms with Crippen LogP contribution in [0, 0.1) is 0 Å². The largest absolute Gasteiger partial charge is 0.368 e. The minimum Gasteiger partial charge on any atom is -0.368 e. The number of halogens is 1. The maximum absolute atomic E-state index is 11.3. The van der Waals surface area contributed by atoms with E-state index in [-0.39, 0.29) is 18.5 Å². The number of benzene rings is 1. The summed E-state index contributed by atoms with van der Waals surface area (Å²) in [5.41, 5.74) is 7.49. The van der Waals surface area contributed by atoms with Crippen LogP contribution >= 0.6 is 11.6 Å². The molecule has 3 N–H and O–H groups in total. The van der Waals surface area contributed by atoms with E-state index in [4.69, 9.17) is 17.3 Å². The molecule has 0 spiro atoms. The summed E-state index contributed by atoms with van der Waals surface area (Å²) < 4.78 is 0. The summed E-state index contributed by atoms with van der Waals surface area (Å²) >= 11 is 6.10. The second-order valence-corrected chi connectivity index (χ2v) is 6.05. The van der Waals surface area contributed by atoms with Crippen molar-refractivity contribution in [3.05, 3.63) is 28.8 Å². The number of carbonyl (C=O) groups excluding carboxylic acids is 1. The van der Waals surface area contributed by atoms with Crippen LogP contribution in [-0.2, 0) is 11.3 Å². The number of nitrogens with one attached hydrogen (secondary N) is 1. The Kier molecular flexibility index (Phi) is 4.89. The van der Waals surface area contributed by atoms with Crippen LogP contribution in [0.1, 0.15) is 32.3 Å². The van der Waals surface area contributed by atoms with Crippen molar-refractivity contribution in [1.82, 2.24) is 5.32 Å². The number of nitrogens with zero attached hydrogens (tertiary/aromatic N) is 1. The summed E-state index contributed by atoms with van der Waals surface area (Å²) in [6.45, 7) is 5.09. The zero-order valence-corrected chi connectivity index (χ0v) is 12.8. The van der Waals surface area contributed by atoms with Crippen LogP contribution in [0.15, 0.2) is 18.2 Å². The molecule has 1 amide bonds. The highest BCUT2D eigenvalue weighted by Gasteiger charge is 2.22. The zero-order valence-electron chi connectivity index (χ0n) is 12.0. The molecule has 0 aliphatic heterocycles. The lowest BCUT2D eigenvalue weighted by Gasteiger charge is -2.30. The van der Waals surface area contributed by atoms with Crippen molar-refractivity contribution < 1.29 is 4.79 Å². The van der Waals surface area contributed by atoms with E-state index in [1.807, 2.05) is 23.1 Å². The van der Waals surface area contributed by atoms with Gasteiger partial charge in [0.05, 0.1) is 6.54 Å². The van der Waals surface area contributed by atoms with Crippen molar-refractivity contribution >= 4 is 23.2 Å². The molecular weight excluding hydrogens is 274 g/mol. The monoisotopic (exact) mass is 295 g/mol. The molecule has 0 unspecified atom stereocenters. The van der Waals surface area contributed by atoms with Crippen LogP contribution in [0.3, 0.4) is 0 Å². The normalized spacial score (nSPS) is 14.6. The average molecular weight is 296 g/mol. The molecular formula is C15H22ClN3O. The fraction of sp³-hybridized carbons (Fsp3) is 0.533. The fourth-order valence-corrected chi connectivity index (χ4v) is 2.43. The number of nitrogens with two attached hydrogens (primary N) is 1. The van der Waals surface area contributed by atoms with E-state index in [1.54, 1.807) is 0 Å². The molecule has 5 heteroatoms. The highest BCUT2D eigenvalue weighted by molar-refractivity contribution is 6.30. The molecule has 0 radical (unpaired) electrons. The van der Waals surface area contributed by atoms with Crippen LogP contribution in [0.5, 0.6) is 0 Å². The quantitative estimate of drug-likeness (QED) is 0.811. The number of hydrogen-bond acceptors (Lipinski definition) is 3. The van der Waals surface area contributed by atoms with Gasteiger partial charge in [0, 0.05) is 29.3 Å². The molecule has 4 nitrogen and oxygen atoms in total. The van der Waals surface area contributed by atoms with E-state index in [9.17, 15) is 4.79 Å². The molecule has 0 saturated heterocycles. The van der Waals surface area contributed by atoms with Gasteiger partial charge >= 0.3 is 0 Å². The first-order valence-corrected chi connectivity index (χ1v) is 7.42. The second kappa shape index (κ2) is 6.46. The lowest BCUT2D eigenvalue weighted by molar-refractivity contribution is -0.116. The first kappa shape index (κ1) is 15.1. The molecule has 110 valence electrons. The number of primary amides is 1. The average Bonchev–Trinajstić information content (AvgIpc) is 3.17. The van der Waals surface area contributed by atoms with E-state index < -0.39 is 0 Å². The minimum atomic E-state index is -0.324. The third-order valence-electron chi connectivity index (χ3n) is 3.46. The molecule has 2 rings (SSSR count). The second-order valence-electron chi connectivity index (χ2n) is 5.62. The van der Waals surface area contributed by atoms with Crippen molar-refractivity contribution in [1.29, 1.82) is 0 Å². The summed E-state index contributed by atoms with van der Waals surface area (Å²) in [6.07, 6.45) is 2.48. The molecule has 0 aromatic heterocycles. The fourth-order valence-electron chi connectivity index (χ4n) is 2.23. The van der Waals surface area contributed by atoms with Crippen molar-refractivity contribution in [3.8, 4) is 0 Å². The maximum atomic E-state index is 11.3. The molecule has 1 aromatic rings. The molecule has 1 aliphatic carbocycles. The van der Waals surface area contributed by atoms with E-state index >= 15 is 0 Å². The summed E-state index contributed by atoms with van der Waals surface area (Å²) in [6, 6.07) is 6.61. The molecule has 0 heterocycles. The molecule has 1 aromatic carbocycles. The van der Waals surface area contributed by atoms with E-state index in [0.717, 1.165) is 17.8 Å². The number of anilines is 1.